The molecular weight excluding hydrogens is 323 g/mol. The number of ether oxygens (including phenoxy) is 1. The number of hydrogen-bond donors (Lipinski definition) is 1. The topological polar surface area (TPSA) is 58.6 Å². The molecular formula is C19H19FN2O3. The Balaban J connectivity index is 1.70. The van der Waals surface area contributed by atoms with Crippen LogP contribution in [0.3, 0.4) is 0 Å². The summed E-state index contributed by atoms with van der Waals surface area (Å²) in [4.78, 5) is 26.1. The van der Waals surface area contributed by atoms with Crippen LogP contribution in [-0.4, -0.2) is 24.5 Å². The fraction of sp³-hybridized carbons (Fsp3) is 0.263. The summed E-state index contributed by atoms with van der Waals surface area (Å²) in [6.45, 7) is 3.75. The van der Waals surface area contributed by atoms with Gasteiger partial charge in [0, 0.05) is 6.54 Å². The first-order valence-electron chi connectivity index (χ1n) is 8.04. The van der Waals surface area contributed by atoms with Crippen LogP contribution in [0.1, 0.15) is 18.1 Å². The van der Waals surface area contributed by atoms with Gasteiger partial charge in [0.25, 0.3) is 5.91 Å². The van der Waals surface area contributed by atoms with E-state index in [-0.39, 0.29) is 30.7 Å². The van der Waals surface area contributed by atoms with Crippen molar-refractivity contribution in [2.24, 2.45) is 0 Å². The molecule has 1 atom stereocenters. The molecule has 1 heterocycles. The van der Waals surface area contributed by atoms with Crippen molar-refractivity contribution < 1.29 is 18.7 Å². The van der Waals surface area contributed by atoms with Gasteiger partial charge in [0.2, 0.25) is 5.91 Å². The predicted octanol–water partition coefficient (Wildman–Crippen LogP) is 2.56. The maximum Gasteiger partial charge on any atom is 0.268 e. The summed E-state index contributed by atoms with van der Waals surface area (Å²) in [5.41, 5.74) is 2.36. The molecule has 3 rings (SSSR count). The van der Waals surface area contributed by atoms with E-state index in [9.17, 15) is 14.0 Å². The molecule has 0 unspecified atom stereocenters. The van der Waals surface area contributed by atoms with Crippen LogP contribution in [0.25, 0.3) is 0 Å². The van der Waals surface area contributed by atoms with Crippen molar-refractivity contribution in [1.29, 1.82) is 0 Å². The van der Waals surface area contributed by atoms with Crippen molar-refractivity contribution in [1.82, 2.24) is 5.32 Å². The Morgan fingerprint density at radius 2 is 1.96 bits per heavy atom. The molecule has 0 aliphatic carbocycles. The van der Waals surface area contributed by atoms with Crippen molar-refractivity contribution in [2.45, 2.75) is 26.5 Å². The first-order chi connectivity index (χ1) is 11.9. The second-order valence-electron chi connectivity index (χ2n) is 6.06. The summed E-state index contributed by atoms with van der Waals surface area (Å²) in [5.74, 6) is -0.284. The Kier molecular flexibility index (Phi) is 4.70. The lowest BCUT2D eigenvalue weighted by Crippen LogP contribution is -2.48. The highest BCUT2D eigenvalue weighted by Gasteiger charge is 2.32. The van der Waals surface area contributed by atoms with Gasteiger partial charge in [-0.15, -0.1) is 0 Å². The zero-order valence-electron chi connectivity index (χ0n) is 14.1. The predicted molar refractivity (Wildman–Crippen MR) is 91.9 cm³/mol. The summed E-state index contributed by atoms with van der Waals surface area (Å²) >= 11 is 0. The molecule has 0 aromatic heterocycles. The molecule has 1 aliphatic rings. The molecule has 1 N–H and O–H groups in total. The van der Waals surface area contributed by atoms with Crippen molar-refractivity contribution in [2.75, 3.05) is 11.4 Å². The highest BCUT2D eigenvalue weighted by atomic mass is 19.1. The average molecular weight is 342 g/mol. The van der Waals surface area contributed by atoms with Gasteiger partial charge in [-0.3, -0.25) is 14.5 Å². The van der Waals surface area contributed by atoms with Gasteiger partial charge in [0.05, 0.1) is 5.69 Å². The third-order valence-corrected chi connectivity index (χ3v) is 4.03. The van der Waals surface area contributed by atoms with Crippen LogP contribution >= 0.6 is 0 Å². The summed E-state index contributed by atoms with van der Waals surface area (Å²) in [6.07, 6.45) is -0.639. The SMILES string of the molecule is Cc1ccc2c(c1)N(CC(=O)NCc1ccc(F)cc1)C(=O)[C@@H](C)O2. The number of amides is 2. The highest BCUT2D eigenvalue weighted by Crippen LogP contribution is 2.34. The summed E-state index contributed by atoms with van der Waals surface area (Å²) in [5, 5.41) is 2.75. The molecule has 0 saturated carbocycles. The van der Waals surface area contributed by atoms with Gasteiger partial charge < -0.3 is 10.1 Å². The van der Waals surface area contributed by atoms with Gasteiger partial charge >= 0.3 is 0 Å². The van der Waals surface area contributed by atoms with Crippen LogP contribution in [0.4, 0.5) is 10.1 Å². The van der Waals surface area contributed by atoms with E-state index < -0.39 is 6.10 Å². The van der Waals surface area contributed by atoms with Gasteiger partial charge in [-0.1, -0.05) is 18.2 Å². The highest BCUT2D eigenvalue weighted by molar-refractivity contribution is 6.03. The standard InChI is InChI=1S/C19H19FN2O3/c1-12-3-8-17-16(9-12)22(19(24)13(2)25-17)11-18(23)21-10-14-4-6-15(20)7-5-14/h3-9,13H,10-11H2,1-2H3,(H,21,23)/t13-/m1/s1. The van der Waals surface area contributed by atoms with E-state index in [0.717, 1.165) is 11.1 Å². The van der Waals surface area contributed by atoms with Crippen molar-refractivity contribution >= 4 is 17.5 Å². The zero-order chi connectivity index (χ0) is 18.0. The molecule has 25 heavy (non-hydrogen) atoms. The minimum atomic E-state index is -0.639. The minimum Gasteiger partial charge on any atom is -0.479 e. The molecule has 0 radical (unpaired) electrons. The number of carbonyl (C=O) groups excluding carboxylic acids is 2. The lowest BCUT2D eigenvalue weighted by molar-refractivity contribution is -0.128. The van der Waals surface area contributed by atoms with E-state index in [1.54, 1.807) is 25.1 Å². The Hall–Kier alpha value is -2.89. The van der Waals surface area contributed by atoms with E-state index in [4.69, 9.17) is 4.74 Å². The van der Waals surface area contributed by atoms with E-state index >= 15 is 0 Å². The Labute approximate surface area is 145 Å². The Morgan fingerprint density at radius 1 is 1.24 bits per heavy atom. The van der Waals surface area contributed by atoms with Gasteiger partial charge in [-0.05, 0) is 49.2 Å². The minimum absolute atomic E-state index is 0.0931. The van der Waals surface area contributed by atoms with Crippen LogP contribution < -0.4 is 15.0 Å². The van der Waals surface area contributed by atoms with Gasteiger partial charge in [0.1, 0.15) is 18.1 Å². The largest absolute Gasteiger partial charge is 0.479 e. The number of anilines is 1. The van der Waals surface area contributed by atoms with E-state index in [1.807, 2.05) is 19.1 Å². The summed E-state index contributed by atoms with van der Waals surface area (Å²) in [7, 11) is 0. The molecule has 0 saturated heterocycles. The second kappa shape index (κ2) is 6.93. The number of fused-ring (bicyclic) bond motifs is 1. The zero-order valence-corrected chi connectivity index (χ0v) is 14.1. The fourth-order valence-corrected chi connectivity index (χ4v) is 2.68. The molecule has 0 fully saturated rings. The maximum atomic E-state index is 12.9. The molecule has 2 amide bonds. The monoisotopic (exact) mass is 342 g/mol. The Bertz CT molecular complexity index is 805. The fourth-order valence-electron chi connectivity index (χ4n) is 2.68. The molecule has 130 valence electrons. The number of nitrogens with zero attached hydrogens (tertiary/aromatic N) is 1. The van der Waals surface area contributed by atoms with Crippen molar-refractivity contribution in [3.05, 3.63) is 59.4 Å². The van der Waals surface area contributed by atoms with Gasteiger partial charge in [-0.25, -0.2) is 4.39 Å². The van der Waals surface area contributed by atoms with Gasteiger partial charge in [-0.2, -0.15) is 0 Å². The van der Waals surface area contributed by atoms with Crippen LogP contribution in [-0.2, 0) is 16.1 Å². The maximum absolute atomic E-state index is 12.9. The number of halogens is 1. The third kappa shape index (κ3) is 3.79. The quantitative estimate of drug-likeness (QED) is 0.929. The van der Waals surface area contributed by atoms with Crippen LogP contribution in [0.5, 0.6) is 5.75 Å². The smallest absolute Gasteiger partial charge is 0.268 e. The summed E-state index contributed by atoms with van der Waals surface area (Å²) < 4.78 is 18.5. The Morgan fingerprint density at radius 3 is 2.68 bits per heavy atom. The van der Waals surface area contributed by atoms with Crippen LogP contribution in [0.15, 0.2) is 42.5 Å². The number of rotatable bonds is 4. The normalized spacial score (nSPS) is 16.2. The lowest BCUT2D eigenvalue weighted by Gasteiger charge is -2.32. The number of hydrogen-bond acceptors (Lipinski definition) is 3. The van der Waals surface area contributed by atoms with Crippen LogP contribution in [0.2, 0.25) is 0 Å². The molecule has 5 nitrogen and oxygen atoms in total. The second-order valence-corrected chi connectivity index (χ2v) is 6.06. The average Bonchev–Trinajstić information content (AvgIpc) is 2.59. The van der Waals surface area contributed by atoms with Gasteiger partial charge in [0.15, 0.2) is 6.10 Å². The lowest BCUT2D eigenvalue weighted by atomic mass is 10.1. The first-order valence-corrected chi connectivity index (χ1v) is 8.04. The third-order valence-electron chi connectivity index (χ3n) is 4.03. The molecule has 0 spiro atoms. The summed E-state index contributed by atoms with van der Waals surface area (Å²) in [6, 6.07) is 11.4. The number of carbonyl (C=O) groups is 2. The number of nitrogens with one attached hydrogen (secondary N) is 1. The number of aryl methyl sites for hydroxylation is 1. The van der Waals surface area contributed by atoms with E-state index in [2.05, 4.69) is 5.32 Å². The molecule has 2 aromatic carbocycles. The first kappa shape index (κ1) is 17.0. The molecule has 1 aliphatic heterocycles. The van der Waals surface area contributed by atoms with E-state index in [1.165, 1.54) is 17.0 Å². The molecule has 2 aromatic rings. The number of benzene rings is 2. The van der Waals surface area contributed by atoms with Crippen molar-refractivity contribution in [3.8, 4) is 5.75 Å². The van der Waals surface area contributed by atoms with Crippen molar-refractivity contribution in [3.63, 3.8) is 0 Å². The van der Waals surface area contributed by atoms with Crippen LogP contribution in [0, 0.1) is 12.7 Å². The molecule has 6 heteroatoms. The van der Waals surface area contributed by atoms with E-state index in [0.29, 0.717) is 11.4 Å². The molecule has 0 bridgehead atoms.